The van der Waals surface area contributed by atoms with E-state index >= 15 is 0 Å². The van der Waals surface area contributed by atoms with Gasteiger partial charge in [-0.05, 0) is 25.0 Å². The molecule has 0 amide bonds. The molecule has 0 aliphatic carbocycles. The maximum atomic E-state index is 8.63. The van der Waals surface area contributed by atoms with Gasteiger partial charge in [-0.2, -0.15) is 0 Å². The molecular weight excluding hydrogens is 299 g/mol. The topological polar surface area (TPSA) is 38.7 Å². The van der Waals surface area contributed by atoms with E-state index in [4.69, 9.17) is 37.8 Å². The molecule has 0 saturated carbocycles. The van der Waals surface area contributed by atoms with Crippen LogP contribution in [-0.4, -0.2) is 31.5 Å². The molecule has 1 rings (SSSR count). The second-order valence-corrected chi connectivity index (χ2v) is 5.32. The van der Waals surface area contributed by atoms with Crippen LogP contribution >= 0.6 is 23.2 Å². The number of hydrogen-bond acceptors (Lipinski definition) is 3. The smallest absolute Gasteiger partial charge is 0.0747 e. The summed E-state index contributed by atoms with van der Waals surface area (Å²) in [5.41, 5.74) is 0.819. The average Bonchev–Trinajstić information content (AvgIpc) is 2.43. The lowest BCUT2D eigenvalue weighted by Crippen LogP contribution is -2.06. The molecule has 0 spiro atoms. The molecule has 1 aromatic carbocycles. The molecule has 0 atom stereocenters. The van der Waals surface area contributed by atoms with Crippen LogP contribution in [0.15, 0.2) is 18.2 Å². The maximum Gasteiger partial charge on any atom is 0.0747 e. The van der Waals surface area contributed by atoms with Crippen molar-refractivity contribution in [2.24, 2.45) is 0 Å². The van der Waals surface area contributed by atoms with E-state index in [1.54, 1.807) is 12.1 Å². The highest BCUT2D eigenvalue weighted by atomic mass is 35.5. The van der Waals surface area contributed by atoms with Gasteiger partial charge in [0.25, 0.3) is 0 Å². The maximum absolute atomic E-state index is 8.63. The van der Waals surface area contributed by atoms with Gasteiger partial charge in [0.05, 0.1) is 19.8 Å². The van der Waals surface area contributed by atoms with Gasteiger partial charge in [0, 0.05) is 28.8 Å². The Labute approximate surface area is 130 Å². The minimum Gasteiger partial charge on any atom is -0.396 e. The van der Waals surface area contributed by atoms with Crippen LogP contribution in [0.3, 0.4) is 0 Å². The Morgan fingerprint density at radius 1 is 0.850 bits per heavy atom. The van der Waals surface area contributed by atoms with Crippen LogP contribution in [0.2, 0.25) is 10.0 Å². The van der Waals surface area contributed by atoms with E-state index in [9.17, 15) is 0 Å². The normalized spacial score (nSPS) is 10.9. The summed E-state index contributed by atoms with van der Waals surface area (Å²) >= 11 is 12.1. The van der Waals surface area contributed by atoms with Crippen molar-refractivity contribution in [1.82, 2.24) is 0 Å². The number of hydrogen-bond donors (Lipinski definition) is 1. The van der Waals surface area contributed by atoms with Gasteiger partial charge in [-0.3, -0.25) is 0 Å². The summed E-state index contributed by atoms with van der Waals surface area (Å²) in [5.74, 6) is 0. The Balaban J connectivity index is 2.00. The molecule has 0 saturated heterocycles. The summed E-state index contributed by atoms with van der Waals surface area (Å²) in [6.07, 6.45) is 4.05. The Morgan fingerprint density at radius 2 is 1.50 bits per heavy atom. The fourth-order valence-electron chi connectivity index (χ4n) is 1.73. The van der Waals surface area contributed by atoms with Crippen LogP contribution < -0.4 is 0 Å². The SMILES string of the molecule is OCCCCCCOCCOCc1c(Cl)cccc1Cl. The zero-order chi connectivity index (χ0) is 14.6. The number of aliphatic hydroxyl groups is 1. The monoisotopic (exact) mass is 320 g/mol. The van der Waals surface area contributed by atoms with E-state index in [-0.39, 0.29) is 6.61 Å². The molecular formula is C15H22Cl2O3. The van der Waals surface area contributed by atoms with Crippen molar-refractivity contribution in [1.29, 1.82) is 0 Å². The third-order valence-corrected chi connectivity index (χ3v) is 3.59. The number of rotatable bonds is 11. The van der Waals surface area contributed by atoms with Crippen molar-refractivity contribution in [3.05, 3.63) is 33.8 Å². The van der Waals surface area contributed by atoms with Crippen molar-refractivity contribution < 1.29 is 14.6 Å². The van der Waals surface area contributed by atoms with Gasteiger partial charge in [0.15, 0.2) is 0 Å². The van der Waals surface area contributed by atoms with E-state index in [1.165, 1.54) is 0 Å². The molecule has 0 aliphatic rings. The molecule has 1 aromatic rings. The third kappa shape index (κ3) is 7.46. The minimum absolute atomic E-state index is 0.277. The standard InChI is InChI=1S/C15H22Cl2O3/c16-14-6-5-7-15(17)13(14)12-20-11-10-19-9-4-2-1-3-8-18/h5-7,18H,1-4,8-12H2. The minimum atomic E-state index is 0.277. The molecule has 114 valence electrons. The fraction of sp³-hybridized carbons (Fsp3) is 0.600. The first kappa shape index (κ1) is 17.7. The quantitative estimate of drug-likeness (QED) is 0.624. The molecule has 0 aliphatic heterocycles. The largest absolute Gasteiger partial charge is 0.396 e. The Hall–Kier alpha value is -0.320. The van der Waals surface area contributed by atoms with Gasteiger partial charge in [-0.1, -0.05) is 42.1 Å². The number of ether oxygens (including phenoxy) is 2. The van der Waals surface area contributed by atoms with Crippen LogP contribution in [0.1, 0.15) is 31.2 Å². The lowest BCUT2D eigenvalue weighted by Gasteiger charge is -2.08. The molecule has 1 N–H and O–H groups in total. The van der Waals surface area contributed by atoms with Crippen molar-refractivity contribution in [3.8, 4) is 0 Å². The van der Waals surface area contributed by atoms with Gasteiger partial charge < -0.3 is 14.6 Å². The fourth-order valence-corrected chi connectivity index (χ4v) is 2.24. The third-order valence-electron chi connectivity index (χ3n) is 2.88. The van der Waals surface area contributed by atoms with E-state index in [2.05, 4.69) is 0 Å². The number of aliphatic hydroxyl groups excluding tert-OH is 1. The van der Waals surface area contributed by atoms with E-state index in [0.29, 0.717) is 29.9 Å². The van der Waals surface area contributed by atoms with E-state index in [1.807, 2.05) is 6.07 Å². The lowest BCUT2D eigenvalue weighted by molar-refractivity contribution is 0.0392. The highest BCUT2D eigenvalue weighted by Gasteiger charge is 2.04. The Bertz CT molecular complexity index is 352. The van der Waals surface area contributed by atoms with Crippen molar-refractivity contribution in [2.45, 2.75) is 32.3 Å². The first-order valence-electron chi connectivity index (χ1n) is 6.95. The van der Waals surface area contributed by atoms with Crippen LogP contribution in [0.4, 0.5) is 0 Å². The van der Waals surface area contributed by atoms with Gasteiger partial charge in [0.2, 0.25) is 0 Å². The zero-order valence-corrected chi connectivity index (χ0v) is 13.1. The summed E-state index contributed by atoms with van der Waals surface area (Å²) in [6.45, 7) is 2.51. The molecule has 0 heterocycles. The first-order valence-corrected chi connectivity index (χ1v) is 7.70. The molecule has 0 radical (unpaired) electrons. The zero-order valence-electron chi connectivity index (χ0n) is 11.6. The molecule has 3 nitrogen and oxygen atoms in total. The molecule has 0 bridgehead atoms. The predicted molar refractivity (Wildman–Crippen MR) is 82.5 cm³/mol. The number of unbranched alkanes of at least 4 members (excludes halogenated alkanes) is 3. The molecule has 0 aromatic heterocycles. The summed E-state index contributed by atoms with van der Waals surface area (Å²) in [7, 11) is 0. The second-order valence-electron chi connectivity index (χ2n) is 4.50. The highest BCUT2D eigenvalue weighted by molar-refractivity contribution is 6.35. The average molecular weight is 321 g/mol. The first-order chi connectivity index (χ1) is 9.75. The van der Waals surface area contributed by atoms with Crippen molar-refractivity contribution in [3.63, 3.8) is 0 Å². The van der Waals surface area contributed by atoms with Gasteiger partial charge in [0.1, 0.15) is 0 Å². The number of benzene rings is 1. The van der Waals surface area contributed by atoms with E-state index in [0.717, 1.165) is 37.9 Å². The molecule has 5 heteroatoms. The summed E-state index contributed by atoms with van der Waals surface area (Å²) in [4.78, 5) is 0. The lowest BCUT2D eigenvalue weighted by atomic mass is 10.2. The molecule has 0 fully saturated rings. The number of halogens is 2. The van der Waals surface area contributed by atoms with Gasteiger partial charge in [-0.25, -0.2) is 0 Å². The Morgan fingerprint density at radius 3 is 2.20 bits per heavy atom. The predicted octanol–water partition coefficient (Wildman–Crippen LogP) is 4.08. The molecule has 0 unspecified atom stereocenters. The molecule has 20 heavy (non-hydrogen) atoms. The summed E-state index contributed by atoms with van der Waals surface area (Å²) < 4.78 is 11.0. The van der Waals surface area contributed by atoms with Gasteiger partial charge >= 0.3 is 0 Å². The second kappa shape index (κ2) is 11.4. The highest BCUT2D eigenvalue weighted by Crippen LogP contribution is 2.24. The van der Waals surface area contributed by atoms with Crippen LogP contribution in [0.5, 0.6) is 0 Å². The van der Waals surface area contributed by atoms with Gasteiger partial charge in [-0.15, -0.1) is 0 Å². The Kier molecular flexibility index (Phi) is 10.1. The van der Waals surface area contributed by atoms with Crippen molar-refractivity contribution in [2.75, 3.05) is 26.4 Å². The van der Waals surface area contributed by atoms with Crippen LogP contribution in [0, 0.1) is 0 Å². The summed E-state index contributed by atoms with van der Waals surface area (Å²) in [5, 5.41) is 9.89. The van der Waals surface area contributed by atoms with Crippen LogP contribution in [-0.2, 0) is 16.1 Å². The summed E-state index contributed by atoms with van der Waals surface area (Å²) in [6, 6.07) is 5.41. The van der Waals surface area contributed by atoms with Crippen LogP contribution in [0.25, 0.3) is 0 Å². The van der Waals surface area contributed by atoms with Crippen molar-refractivity contribution >= 4 is 23.2 Å². The van der Waals surface area contributed by atoms with E-state index < -0.39 is 0 Å².